The Labute approximate surface area is 158 Å². The van der Waals surface area contributed by atoms with E-state index in [1.54, 1.807) is 11.8 Å². The number of ether oxygens (including phenoxy) is 2. The van der Waals surface area contributed by atoms with Gasteiger partial charge in [0.15, 0.2) is 11.6 Å². The van der Waals surface area contributed by atoms with Crippen LogP contribution in [0.5, 0.6) is 0 Å². The number of hydrogen-bond donors (Lipinski definition) is 1. The first kappa shape index (κ1) is 20.7. The van der Waals surface area contributed by atoms with E-state index >= 15 is 0 Å². The summed E-state index contributed by atoms with van der Waals surface area (Å²) in [6.07, 6.45) is 4.42. The molecule has 1 atom stereocenters. The van der Waals surface area contributed by atoms with E-state index in [1.807, 2.05) is 20.8 Å². The highest BCUT2D eigenvalue weighted by Gasteiger charge is 2.30. The van der Waals surface area contributed by atoms with Crippen LogP contribution < -0.4 is 5.32 Å². The van der Waals surface area contributed by atoms with Crippen molar-refractivity contribution in [1.29, 1.82) is 0 Å². The van der Waals surface area contributed by atoms with Crippen LogP contribution in [0.2, 0.25) is 0 Å². The molecule has 1 fully saturated rings. The molecule has 148 valence electrons. The Morgan fingerprint density at radius 1 is 1.44 bits per heavy atom. The van der Waals surface area contributed by atoms with Gasteiger partial charge >= 0.3 is 12.1 Å². The lowest BCUT2D eigenvalue weighted by atomic mass is 10.2. The van der Waals surface area contributed by atoms with Gasteiger partial charge in [0.1, 0.15) is 5.60 Å². The second-order valence-electron chi connectivity index (χ2n) is 7.24. The third-order valence-electron chi connectivity index (χ3n) is 3.74. The highest BCUT2D eigenvalue weighted by atomic mass is 19.1. The van der Waals surface area contributed by atoms with Gasteiger partial charge in [0.25, 0.3) is 0 Å². The fourth-order valence-electron chi connectivity index (χ4n) is 2.57. The second-order valence-corrected chi connectivity index (χ2v) is 7.24. The van der Waals surface area contributed by atoms with Gasteiger partial charge in [0.05, 0.1) is 6.61 Å². The van der Waals surface area contributed by atoms with Gasteiger partial charge in [-0.3, -0.25) is 0 Å². The molecule has 2 rings (SSSR count). The number of halogens is 1. The normalized spacial score (nSPS) is 17.2. The molecule has 1 amide bonds. The molecule has 0 radical (unpaired) electrons. The predicted molar refractivity (Wildman–Crippen MR) is 99.7 cm³/mol. The van der Waals surface area contributed by atoms with Gasteiger partial charge in [-0.25, -0.2) is 19.0 Å². The van der Waals surface area contributed by atoms with Crippen LogP contribution in [0.1, 0.15) is 39.7 Å². The van der Waals surface area contributed by atoms with Crippen molar-refractivity contribution < 1.29 is 23.5 Å². The minimum atomic E-state index is -0.552. The van der Waals surface area contributed by atoms with Crippen LogP contribution in [0.15, 0.2) is 18.3 Å². The summed E-state index contributed by atoms with van der Waals surface area (Å²) in [6.45, 7) is 8.38. The van der Waals surface area contributed by atoms with Crippen molar-refractivity contribution in [1.82, 2.24) is 9.88 Å². The van der Waals surface area contributed by atoms with E-state index in [1.165, 1.54) is 24.4 Å². The van der Waals surface area contributed by atoms with E-state index in [-0.39, 0.29) is 24.6 Å². The molecule has 1 aliphatic heterocycles. The zero-order chi connectivity index (χ0) is 20.0. The van der Waals surface area contributed by atoms with Crippen molar-refractivity contribution in [3.63, 3.8) is 0 Å². The molecule has 0 unspecified atom stereocenters. The number of pyridine rings is 1. The number of rotatable bonds is 5. The van der Waals surface area contributed by atoms with Gasteiger partial charge in [0.2, 0.25) is 0 Å². The number of nitrogens with zero attached hydrogens (tertiary/aromatic N) is 2. The number of likely N-dealkylation sites (tertiary alicyclic amines) is 1. The standard InChI is InChI=1S/C19H26FN3O4/c1-5-26-16(24)7-6-13-10-15(20)17(21-11-13)22-14-8-9-23(12-14)18(25)27-19(2,3)4/h6-7,10-11,14H,5,8-9,12H2,1-4H3,(H,21,22)/b7-6+/t14-/m1/s1. The Morgan fingerprint density at radius 2 is 2.19 bits per heavy atom. The maximum Gasteiger partial charge on any atom is 0.410 e. The topological polar surface area (TPSA) is 80.8 Å². The SMILES string of the molecule is CCOC(=O)/C=C/c1cnc(N[C@@H]2CCN(C(=O)OC(C)(C)C)C2)c(F)c1. The smallest absolute Gasteiger partial charge is 0.410 e. The summed E-state index contributed by atoms with van der Waals surface area (Å²) in [4.78, 5) is 29.0. The molecule has 1 aliphatic rings. The molecule has 1 aromatic heterocycles. The molecule has 0 spiro atoms. The van der Waals surface area contributed by atoms with Crippen LogP contribution in [-0.4, -0.2) is 53.3 Å². The molecule has 0 aromatic carbocycles. The van der Waals surface area contributed by atoms with Crippen LogP contribution in [0.25, 0.3) is 6.08 Å². The number of esters is 1. The maximum atomic E-state index is 14.3. The van der Waals surface area contributed by atoms with Gasteiger partial charge < -0.3 is 19.7 Å². The number of nitrogens with one attached hydrogen (secondary N) is 1. The Morgan fingerprint density at radius 3 is 2.81 bits per heavy atom. The van der Waals surface area contributed by atoms with Crippen molar-refractivity contribution >= 4 is 24.0 Å². The summed E-state index contributed by atoms with van der Waals surface area (Å²) in [7, 11) is 0. The molecule has 0 aliphatic carbocycles. The van der Waals surface area contributed by atoms with Crippen LogP contribution >= 0.6 is 0 Å². The molecule has 0 bridgehead atoms. The number of carbonyl (C=O) groups excluding carboxylic acids is 2. The monoisotopic (exact) mass is 379 g/mol. The van der Waals surface area contributed by atoms with Gasteiger partial charge in [-0.15, -0.1) is 0 Å². The average molecular weight is 379 g/mol. The Hall–Kier alpha value is -2.64. The number of anilines is 1. The highest BCUT2D eigenvalue weighted by molar-refractivity contribution is 5.87. The van der Waals surface area contributed by atoms with Crippen molar-refractivity contribution in [2.45, 2.75) is 45.8 Å². The molecule has 0 saturated carbocycles. The van der Waals surface area contributed by atoms with E-state index in [0.717, 1.165) is 0 Å². The molecule has 2 heterocycles. The summed E-state index contributed by atoms with van der Waals surface area (Å²) < 4.78 is 24.4. The quantitative estimate of drug-likeness (QED) is 0.625. The third-order valence-corrected chi connectivity index (χ3v) is 3.74. The van der Waals surface area contributed by atoms with E-state index < -0.39 is 17.4 Å². The zero-order valence-electron chi connectivity index (χ0n) is 16.1. The Bertz CT molecular complexity index is 715. The molecular formula is C19H26FN3O4. The fourth-order valence-corrected chi connectivity index (χ4v) is 2.57. The highest BCUT2D eigenvalue weighted by Crippen LogP contribution is 2.20. The van der Waals surface area contributed by atoms with Crippen molar-refractivity contribution in [2.75, 3.05) is 25.0 Å². The van der Waals surface area contributed by atoms with Crippen molar-refractivity contribution in [3.8, 4) is 0 Å². The summed E-state index contributed by atoms with van der Waals surface area (Å²) >= 11 is 0. The summed E-state index contributed by atoms with van der Waals surface area (Å²) in [5.74, 6) is -0.913. The number of carbonyl (C=O) groups is 2. The molecule has 1 aromatic rings. The Balaban J connectivity index is 1.93. The second kappa shape index (κ2) is 8.83. The summed E-state index contributed by atoms with van der Waals surface area (Å²) in [5.41, 5.74) is -0.101. The lowest BCUT2D eigenvalue weighted by molar-refractivity contribution is -0.137. The zero-order valence-corrected chi connectivity index (χ0v) is 16.1. The fraction of sp³-hybridized carbons (Fsp3) is 0.526. The average Bonchev–Trinajstić information content (AvgIpc) is 3.03. The number of hydrogen-bond acceptors (Lipinski definition) is 6. The van der Waals surface area contributed by atoms with E-state index in [0.29, 0.717) is 25.1 Å². The summed E-state index contributed by atoms with van der Waals surface area (Å²) in [5, 5.41) is 3.02. The molecule has 1 N–H and O–H groups in total. The molecule has 8 heteroatoms. The first-order chi connectivity index (χ1) is 12.7. The maximum absolute atomic E-state index is 14.3. The van der Waals surface area contributed by atoms with Gasteiger partial charge in [0, 0.05) is 31.4 Å². The lowest BCUT2D eigenvalue weighted by Crippen LogP contribution is -2.36. The van der Waals surface area contributed by atoms with Gasteiger partial charge in [-0.05, 0) is 51.8 Å². The first-order valence-corrected chi connectivity index (χ1v) is 8.93. The minimum absolute atomic E-state index is 0.110. The van der Waals surface area contributed by atoms with Crippen molar-refractivity contribution in [3.05, 3.63) is 29.7 Å². The largest absolute Gasteiger partial charge is 0.463 e. The van der Waals surface area contributed by atoms with Crippen LogP contribution in [-0.2, 0) is 14.3 Å². The van der Waals surface area contributed by atoms with Gasteiger partial charge in [-0.1, -0.05) is 0 Å². The van der Waals surface area contributed by atoms with E-state index in [2.05, 4.69) is 10.3 Å². The van der Waals surface area contributed by atoms with Crippen LogP contribution in [0, 0.1) is 5.82 Å². The minimum Gasteiger partial charge on any atom is -0.463 e. The number of amides is 1. The van der Waals surface area contributed by atoms with Gasteiger partial charge in [-0.2, -0.15) is 0 Å². The lowest BCUT2D eigenvalue weighted by Gasteiger charge is -2.24. The Kier molecular flexibility index (Phi) is 6.76. The molecule has 27 heavy (non-hydrogen) atoms. The van der Waals surface area contributed by atoms with Crippen LogP contribution in [0.4, 0.5) is 15.0 Å². The molecule has 1 saturated heterocycles. The van der Waals surface area contributed by atoms with Crippen molar-refractivity contribution in [2.24, 2.45) is 0 Å². The predicted octanol–water partition coefficient (Wildman–Crippen LogP) is 3.22. The number of aromatic nitrogens is 1. The first-order valence-electron chi connectivity index (χ1n) is 8.93. The molecule has 7 nitrogen and oxygen atoms in total. The molecular weight excluding hydrogens is 353 g/mol. The third kappa shape index (κ3) is 6.54. The summed E-state index contributed by atoms with van der Waals surface area (Å²) in [6, 6.07) is 1.17. The van der Waals surface area contributed by atoms with Crippen LogP contribution in [0.3, 0.4) is 0 Å². The van der Waals surface area contributed by atoms with E-state index in [9.17, 15) is 14.0 Å². The van der Waals surface area contributed by atoms with E-state index in [4.69, 9.17) is 9.47 Å².